The van der Waals surface area contributed by atoms with Crippen LogP contribution >= 0.6 is 11.3 Å². The van der Waals surface area contributed by atoms with Crippen molar-refractivity contribution in [3.05, 3.63) is 41.2 Å². The summed E-state index contributed by atoms with van der Waals surface area (Å²) in [4.78, 5) is 7.42. The minimum atomic E-state index is -0.227. The predicted octanol–water partition coefficient (Wildman–Crippen LogP) is 3.18. The van der Waals surface area contributed by atoms with Crippen LogP contribution in [0.1, 0.15) is 11.8 Å². The molecule has 0 amide bonds. The third-order valence-corrected chi connectivity index (χ3v) is 4.03. The Labute approximate surface area is 128 Å². The highest BCUT2D eigenvalue weighted by Gasteiger charge is 2.14. The summed E-state index contributed by atoms with van der Waals surface area (Å²) >= 11 is 1.57. The van der Waals surface area contributed by atoms with Crippen LogP contribution in [0.2, 0.25) is 0 Å². The Morgan fingerprint density at radius 1 is 1.38 bits per heavy atom. The highest BCUT2D eigenvalue weighted by molar-refractivity contribution is 7.15. The maximum Gasteiger partial charge on any atom is 0.190 e. The molecule has 0 saturated heterocycles. The Hall–Kier alpha value is -1.50. The van der Waals surface area contributed by atoms with Crippen molar-refractivity contribution in [2.24, 2.45) is 0 Å². The first-order chi connectivity index (χ1) is 10.3. The normalized spacial score (nSPS) is 10.8. The molecule has 0 spiro atoms. The van der Waals surface area contributed by atoms with Gasteiger partial charge >= 0.3 is 0 Å². The lowest BCUT2D eigenvalue weighted by molar-refractivity contribution is 0.199. The highest BCUT2D eigenvalue weighted by Crippen LogP contribution is 2.30. The third kappa shape index (κ3) is 4.23. The van der Waals surface area contributed by atoms with Crippen molar-refractivity contribution in [1.82, 2.24) is 10.3 Å². The second kappa shape index (κ2) is 8.07. The van der Waals surface area contributed by atoms with Crippen molar-refractivity contribution in [1.29, 1.82) is 0 Å². The number of para-hydroxylation sites is 1. The van der Waals surface area contributed by atoms with Gasteiger partial charge in [-0.1, -0.05) is 12.1 Å². The molecule has 0 radical (unpaired) electrons. The standard InChI is InChI=1S/C15H20FN3OS/c1-3-19(14-7-5-4-6-13(14)16)15-18-11-12(21-15)10-17-8-9-20-2/h4-7,11,17H,3,8-10H2,1-2H3. The lowest BCUT2D eigenvalue weighted by atomic mass is 10.3. The minimum absolute atomic E-state index is 0.227. The summed E-state index contributed by atoms with van der Waals surface area (Å²) in [5.74, 6) is -0.227. The van der Waals surface area contributed by atoms with Gasteiger partial charge < -0.3 is 15.0 Å². The van der Waals surface area contributed by atoms with Gasteiger partial charge in [0.15, 0.2) is 5.13 Å². The van der Waals surface area contributed by atoms with E-state index in [0.717, 1.165) is 23.1 Å². The number of nitrogens with one attached hydrogen (secondary N) is 1. The number of nitrogens with zero attached hydrogens (tertiary/aromatic N) is 2. The second-order valence-corrected chi connectivity index (χ2v) is 5.57. The Balaban J connectivity index is 2.06. The topological polar surface area (TPSA) is 37.4 Å². The summed E-state index contributed by atoms with van der Waals surface area (Å²) in [6.45, 7) is 4.89. The molecule has 1 heterocycles. The van der Waals surface area contributed by atoms with Crippen molar-refractivity contribution in [3.8, 4) is 0 Å². The van der Waals surface area contributed by atoms with Crippen LogP contribution in [0.4, 0.5) is 15.2 Å². The van der Waals surface area contributed by atoms with Crippen molar-refractivity contribution in [3.63, 3.8) is 0 Å². The highest BCUT2D eigenvalue weighted by atomic mass is 32.1. The van der Waals surface area contributed by atoms with Crippen LogP contribution in [0.3, 0.4) is 0 Å². The van der Waals surface area contributed by atoms with Crippen LogP contribution in [0.15, 0.2) is 30.5 Å². The molecule has 1 aromatic carbocycles. The molecule has 21 heavy (non-hydrogen) atoms. The zero-order valence-electron chi connectivity index (χ0n) is 12.3. The molecule has 0 aliphatic carbocycles. The molecule has 114 valence electrons. The molecule has 1 aromatic heterocycles. The van der Waals surface area contributed by atoms with Crippen molar-refractivity contribution < 1.29 is 9.13 Å². The molecule has 4 nitrogen and oxygen atoms in total. The molecular formula is C15H20FN3OS. The zero-order chi connectivity index (χ0) is 15.1. The number of methoxy groups -OCH3 is 1. The van der Waals surface area contributed by atoms with E-state index >= 15 is 0 Å². The van der Waals surface area contributed by atoms with E-state index in [4.69, 9.17) is 4.74 Å². The number of hydrogen-bond acceptors (Lipinski definition) is 5. The van der Waals surface area contributed by atoms with Gasteiger partial charge in [0, 0.05) is 37.8 Å². The fraction of sp³-hybridized carbons (Fsp3) is 0.400. The van der Waals surface area contributed by atoms with Crippen LogP contribution in [0.25, 0.3) is 0 Å². The molecule has 1 N–H and O–H groups in total. The molecule has 0 saturated carbocycles. The Morgan fingerprint density at radius 3 is 2.90 bits per heavy atom. The first-order valence-corrected chi connectivity index (χ1v) is 7.74. The van der Waals surface area contributed by atoms with Crippen LogP contribution in [-0.4, -0.2) is 31.8 Å². The van der Waals surface area contributed by atoms with Crippen molar-refractivity contribution in [2.45, 2.75) is 13.5 Å². The molecule has 0 unspecified atom stereocenters. The fourth-order valence-electron chi connectivity index (χ4n) is 1.97. The maximum atomic E-state index is 13.9. The number of hydrogen-bond donors (Lipinski definition) is 1. The van der Waals surface area contributed by atoms with Gasteiger partial charge in [-0.15, -0.1) is 11.3 Å². The number of ether oxygens (including phenoxy) is 1. The van der Waals surface area contributed by atoms with Crippen LogP contribution in [-0.2, 0) is 11.3 Å². The molecule has 6 heteroatoms. The molecule has 0 fully saturated rings. The SMILES string of the molecule is CCN(c1ncc(CNCCOC)s1)c1ccccc1F. The second-order valence-electron chi connectivity index (χ2n) is 4.47. The largest absolute Gasteiger partial charge is 0.383 e. The quantitative estimate of drug-likeness (QED) is 0.760. The van der Waals surface area contributed by atoms with E-state index in [1.807, 2.05) is 24.1 Å². The average molecular weight is 309 g/mol. The number of halogens is 1. The Kier molecular flexibility index (Phi) is 6.10. The first-order valence-electron chi connectivity index (χ1n) is 6.92. The van der Waals surface area contributed by atoms with Gasteiger partial charge in [-0.2, -0.15) is 0 Å². The number of benzene rings is 1. The molecular weight excluding hydrogens is 289 g/mol. The van der Waals surface area contributed by atoms with Crippen molar-refractivity contribution in [2.75, 3.05) is 31.7 Å². The summed E-state index contributed by atoms with van der Waals surface area (Å²) < 4.78 is 18.9. The summed E-state index contributed by atoms with van der Waals surface area (Å²) in [5, 5.41) is 4.09. The molecule has 0 aliphatic rings. The number of rotatable bonds is 8. The van der Waals surface area contributed by atoms with E-state index in [1.54, 1.807) is 30.6 Å². The van der Waals surface area contributed by atoms with Gasteiger partial charge in [0.1, 0.15) is 5.82 Å². The molecule has 2 rings (SSSR count). The zero-order valence-corrected chi connectivity index (χ0v) is 13.1. The van der Waals surface area contributed by atoms with E-state index < -0.39 is 0 Å². The Morgan fingerprint density at radius 2 is 2.19 bits per heavy atom. The lowest BCUT2D eigenvalue weighted by Crippen LogP contribution is -2.18. The van der Waals surface area contributed by atoms with Crippen molar-refractivity contribution >= 4 is 22.2 Å². The maximum absolute atomic E-state index is 13.9. The number of anilines is 2. The van der Waals surface area contributed by atoms with Crippen LogP contribution < -0.4 is 10.2 Å². The molecule has 2 aromatic rings. The Bertz CT molecular complexity index is 561. The molecule has 0 atom stereocenters. The summed E-state index contributed by atoms with van der Waals surface area (Å²) in [6, 6.07) is 6.77. The van der Waals surface area contributed by atoms with Gasteiger partial charge in [0.2, 0.25) is 0 Å². The van der Waals surface area contributed by atoms with Crippen LogP contribution in [0, 0.1) is 5.82 Å². The van der Waals surface area contributed by atoms with E-state index in [1.165, 1.54) is 6.07 Å². The molecule has 0 bridgehead atoms. The average Bonchev–Trinajstić information content (AvgIpc) is 2.95. The number of aromatic nitrogens is 1. The third-order valence-electron chi connectivity index (χ3n) is 3.01. The van der Waals surface area contributed by atoms with E-state index in [2.05, 4.69) is 10.3 Å². The van der Waals surface area contributed by atoms with Gasteiger partial charge in [-0.3, -0.25) is 0 Å². The van der Waals surface area contributed by atoms with Gasteiger partial charge in [-0.25, -0.2) is 9.37 Å². The van der Waals surface area contributed by atoms with E-state index in [9.17, 15) is 4.39 Å². The van der Waals surface area contributed by atoms with Gasteiger partial charge in [0.05, 0.1) is 12.3 Å². The van der Waals surface area contributed by atoms with E-state index in [-0.39, 0.29) is 5.82 Å². The first kappa shape index (κ1) is 15.9. The molecule has 0 aliphatic heterocycles. The van der Waals surface area contributed by atoms with Gasteiger partial charge in [0.25, 0.3) is 0 Å². The summed E-state index contributed by atoms with van der Waals surface area (Å²) in [5.41, 5.74) is 0.563. The lowest BCUT2D eigenvalue weighted by Gasteiger charge is -2.20. The predicted molar refractivity (Wildman–Crippen MR) is 84.8 cm³/mol. The smallest absolute Gasteiger partial charge is 0.190 e. The minimum Gasteiger partial charge on any atom is -0.383 e. The summed E-state index contributed by atoms with van der Waals surface area (Å²) in [7, 11) is 1.68. The fourth-order valence-corrected chi connectivity index (χ4v) is 2.93. The van der Waals surface area contributed by atoms with Crippen LogP contribution in [0.5, 0.6) is 0 Å². The van der Waals surface area contributed by atoms with Gasteiger partial charge in [-0.05, 0) is 19.1 Å². The summed E-state index contributed by atoms with van der Waals surface area (Å²) in [6.07, 6.45) is 1.84. The monoisotopic (exact) mass is 309 g/mol. The van der Waals surface area contributed by atoms with E-state index in [0.29, 0.717) is 18.8 Å². The number of thiazole rings is 1.